The number of rotatable bonds is 8. The molecule has 0 aliphatic heterocycles. The topological polar surface area (TPSA) is 12.5 Å². The summed E-state index contributed by atoms with van der Waals surface area (Å²) in [6, 6.07) is 0. The fourth-order valence-electron chi connectivity index (χ4n) is 1.42. The molecule has 0 amide bonds. The van der Waals surface area contributed by atoms with Gasteiger partial charge in [0, 0.05) is 13.0 Å². The molecule has 0 aliphatic rings. The molecule has 0 aromatic heterocycles. The van der Waals surface area contributed by atoms with Crippen molar-refractivity contribution in [1.82, 2.24) is 4.90 Å². The van der Waals surface area contributed by atoms with E-state index in [1.165, 1.54) is 0 Å². The highest BCUT2D eigenvalue weighted by Gasteiger charge is 1.98. The molecule has 2 nitrogen and oxygen atoms in total. The van der Waals surface area contributed by atoms with E-state index in [1.807, 2.05) is 6.92 Å². The molecule has 0 spiro atoms. The molecule has 0 aromatic carbocycles. The van der Waals surface area contributed by atoms with Crippen LogP contribution < -0.4 is 0 Å². The highest BCUT2D eigenvalue weighted by molar-refractivity contribution is 4.88. The van der Waals surface area contributed by atoms with Crippen LogP contribution in [-0.4, -0.2) is 31.1 Å². The number of allylic oxidation sites excluding steroid dienone is 2. The van der Waals surface area contributed by atoms with Crippen molar-refractivity contribution in [2.45, 2.75) is 40.5 Å². The van der Waals surface area contributed by atoms with Crippen molar-refractivity contribution in [3.05, 3.63) is 11.8 Å². The van der Waals surface area contributed by atoms with Gasteiger partial charge in [-0.25, -0.2) is 0 Å². The molecule has 0 heterocycles. The maximum atomic E-state index is 5.61. The smallest absolute Gasteiger partial charge is 0.0914 e. The maximum Gasteiger partial charge on any atom is 0.0914 e. The molecular weight excluding hydrogens is 174 g/mol. The lowest BCUT2D eigenvalue weighted by atomic mass is 10.3. The van der Waals surface area contributed by atoms with Crippen LogP contribution in [-0.2, 0) is 4.74 Å². The van der Waals surface area contributed by atoms with E-state index in [4.69, 9.17) is 4.74 Å². The van der Waals surface area contributed by atoms with Crippen LogP contribution in [0.25, 0.3) is 0 Å². The standard InChI is InChI=1S/C12H25NO/c1-5-12(6-2)14-11-9-10-13(7-3)8-4/h5H,6-11H2,1-4H3/b12-5-. The Morgan fingerprint density at radius 2 is 1.86 bits per heavy atom. The van der Waals surface area contributed by atoms with Crippen molar-refractivity contribution in [3.63, 3.8) is 0 Å². The van der Waals surface area contributed by atoms with E-state index in [0.29, 0.717) is 0 Å². The van der Waals surface area contributed by atoms with Crippen molar-refractivity contribution < 1.29 is 4.74 Å². The summed E-state index contributed by atoms with van der Waals surface area (Å²) in [5, 5.41) is 0. The largest absolute Gasteiger partial charge is 0.498 e. The Labute approximate surface area is 88.9 Å². The van der Waals surface area contributed by atoms with Gasteiger partial charge in [-0.1, -0.05) is 20.8 Å². The van der Waals surface area contributed by atoms with Crippen molar-refractivity contribution in [2.75, 3.05) is 26.2 Å². The summed E-state index contributed by atoms with van der Waals surface area (Å²) < 4.78 is 5.61. The maximum absolute atomic E-state index is 5.61. The third-order valence-electron chi connectivity index (χ3n) is 2.47. The molecule has 0 atom stereocenters. The average Bonchev–Trinajstić information content (AvgIpc) is 2.24. The first-order valence-corrected chi connectivity index (χ1v) is 5.78. The summed E-state index contributed by atoms with van der Waals surface area (Å²) >= 11 is 0. The van der Waals surface area contributed by atoms with Crippen LogP contribution in [0.2, 0.25) is 0 Å². The second kappa shape index (κ2) is 9.07. The molecule has 0 saturated heterocycles. The summed E-state index contributed by atoms with van der Waals surface area (Å²) in [5.74, 6) is 1.12. The van der Waals surface area contributed by atoms with Crippen LogP contribution >= 0.6 is 0 Å². The molecule has 0 radical (unpaired) electrons. The van der Waals surface area contributed by atoms with Gasteiger partial charge in [0.05, 0.1) is 12.4 Å². The number of ether oxygens (including phenoxy) is 1. The molecule has 0 saturated carbocycles. The number of hydrogen-bond donors (Lipinski definition) is 0. The van der Waals surface area contributed by atoms with E-state index in [1.54, 1.807) is 0 Å². The van der Waals surface area contributed by atoms with Gasteiger partial charge in [0.1, 0.15) is 0 Å². The van der Waals surface area contributed by atoms with E-state index < -0.39 is 0 Å². The Bertz CT molecular complexity index is 150. The van der Waals surface area contributed by atoms with Gasteiger partial charge in [-0.05, 0) is 32.5 Å². The predicted octanol–water partition coefficient (Wildman–Crippen LogP) is 3.05. The molecule has 0 unspecified atom stereocenters. The van der Waals surface area contributed by atoms with Crippen LogP contribution in [0.15, 0.2) is 11.8 Å². The van der Waals surface area contributed by atoms with Crippen LogP contribution in [0.3, 0.4) is 0 Å². The monoisotopic (exact) mass is 199 g/mol. The van der Waals surface area contributed by atoms with Gasteiger partial charge in [0.15, 0.2) is 0 Å². The molecule has 0 bridgehead atoms. The molecule has 0 N–H and O–H groups in total. The van der Waals surface area contributed by atoms with Crippen LogP contribution in [0, 0.1) is 0 Å². The molecular formula is C12H25NO. The van der Waals surface area contributed by atoms with E-state index in [9.17, 15) is 0 Å². The van der Waals surface area contributed by atoms with E-state index >= 15 is 0 Å². The average molecular weight is 199 g/mol. The van der Waals surface area contributed by atoms with Gasteiger partial charge < -0.3 is 9.64 Å². The van der Waals surface area contributed by atoms with Gasteiger partial charge in [-0.3, -0.25) is 0 Å². The molecule has 0 aliphatic carbocycles. The molecule has 2 heteroatoms. The normalized spacial score (nSPS) is 12.2. The summed E-state index contributed by atoms with van der Waals surface area (Å²) in [5.41, 5.74) is 0. The van der Waals surface area contributed by atoms with E-state index in [2.05, 4.69) is 31.7 Å². The van der Waals surface area contributed by atoms with Crippen LogP contribution in [0.1, 0.15) is 40.5 Å². The summed E-state index contributed by atoms with van der Waals surface area (Å²) in [7, 11) is 0. The highest BCUT2D eigenvalue weighted by Crippen LogP contribution is 2.03. The lowest BCUT2D eigenvalue weighted by molar-refractivity contribution is 0.180. The fourth-order valence-corrected chi connectivity index (χ4v) is 1.42. The van der Waals surface area contributed by atoms with Crippen molar-refractivity contribution in [2.24, 2.45) is 0 Å². The first-order valence-electron chi connectivity index (χ1n) is 5.78. The Morgan fingerprint density at radius 3 is 2.29 bits per heavy atom. The van der Waals surface area contributed by atoms with Crippen LogP contribution in [0.5, 0.6) is 0 Å². The Kier molecular flexibility index (Phi) is 8.75. The summed E-state index contributed by atoms with van der Waals surface area (Å²) in [6.07, 6.45) is 4.18. The van der Waals surface area contributed by atoms with Gasteiger partial charge in [-0.2, -0.15) is 0 Å². The zero-order valence-corrected chi connectivity index (χ0v) is 10.2. The third kappa shape index (κ3) is 6.03. The minimum absolute atomic E-state index is 0.851. The Balaban J connectivity index is 3.45. The summed E-state index contributed by atoms with van der Waals surface area (Å²) in [4.78, 5) is 2.42. The zero-order valence-electron chi connectivity index (χ0n) is 10.2. The molecule has 0 fully saturated rings. The van der Waals surface area contributed by atoms with Crippen molar-refractivity contribution in [1.29, 1.82) is 0 Å². The zero-order chi connectivity index (χ0) is 10.8. The van der Waals surface area contributed by atoms with E-state index in [-0.39, 0.29) is 0 Å². The molecule has 0 aromatic rings. The van der Waals surface area contributed by atoms with E-state index in [0.717, 1.165) is 44.8 Å². The third-order valence-corrected chi connectivity index (χ3v) is 2.47. The fraction of sp³-hybridized carbons (Fsp3) is 0.833. The van der Waals surface area contributed by atoms with Gasteiger partial charge in [0.2, 0.25) is 0 Å². The first-order chi connectivity index (χ1) is 6.78. The predicted molar refractivity (Wildman–Crippen MR) is 62.4 cm³/mol. The summed E-state index contributed by atoms with van der Waals surface area (Å²) in [6.45, 7) is 12.8. The Morgan fingerprint density at radius 1 is 1.21 bits per heavy atom. The minimum Gasteiger partial charge on any atom is -0.498 e. The quantitative estimate of drug-likeness (QED) is 0.440. The van der Waals surface area contributed by atoms with Gasteiger partial charge in [-0.15, -0.1) is 0 Å². The molecule has 84 valence electrons. The second-order valence-electron chi connectivity index (χ2n) is 3.34. The highest BCUT2D eigenvalue weighted by atomic mass is 16.5. The number of hydrogen-bond acceptors (Lipinski definition) is 2. The SMILES string of the molecule is C/C=C(/CC)OCCCN(CC)CC. The van der Waals surface area contributed by atoms with Crippen molar-refractivity contribution >= 4 is 0 Å². The first kappa shape index (κ1) is 13.5. The van der Waals surface area contributed by atoms with Crippen LogP contribution in [0.4, 0.5) is 0 Å². The Hall–Kier alpha value is -0.500. The molecule has 0 rings (SSSR count). The number of nitrogens with zero attached hydrogens (tertiary/aromatic N) is 1. The van der Waals surface area contributed by atoms with Crippen molar-refractivity contribution in [3.8, 4) is 0 Å². The lowest BCUT2D eigenvalue weighted by Gasteiger charge is -2.18. The minimum atomic E-state index is 0.851. The lowest BCUT2D eigenvalue weighted by Crippen LogP contribution is -2.24. The second-order valence-corrected chi connectivity index (χ2v) is 3.34. The van der Waals surface area contributed by atoms with Gasteiger partial charge >= 0.3 is 0 Å². The van der Waals surface area contributed by atoms with Gasteiger partial charge in [0.25, 0.3) is 0 Å². The molecule has 14 heavy (non-hydrogen) atoms.